The predicted octanol–water partition coefficient (Wildman–Crippen LogP) is 3.37. The van der Waals surface area contributed by atoms with Crippen LogP contribution >= 0.6 is 23.2 Å². The van der Waals surface area contributed by atoms with Crippen LogP contribution in [0.25, 0.3) is 0 Å². The van der Waals surface area contributed by atoms with Crippen molar-refractivity contribution in [3.05, 3.63) is 28.2 Å². The van der Waals surface area contributed by atoms with Crippen molar-refractivity contribution in [3.63, 3.8) is 0 Å². The van der Waals surface area contributed by atoms with Gasteiger partial charge < -0.3 is 10.1 Å². The Kier molecular flexibility index (Phi) is 5.23. The van der Waals surface area contributed by atoms with Crippen molar-refractivity contribution in [2.24, 2.45) is 0 Å². The Labute approximate surface area is 101 Å². The molecular weight excluding hydrogens is 233 g/mol. The third-order valence-electron chi connectivity index (χ3n) is 1.83. The van der Waals surface area contributed by atoms with Gasteiger partial charge in [-0.2, -0.15) is 0 Å². The molecule has 1 aromatic carbocycles. The van der Waals surface area contributed by atoms with Crippen molar-refractivity contribution < 1.29 is 4.74 Å². The minimum absolute atomic E-state index is 0.462. The van der Waals surface area contributed by atoms with Gasteiger partial charge in [0.1, 0.15) is 17.4 Å². The van der Waals surface area contributed by atoms with E-state index in [2.05, 4.69) is 19.2 Å². The molecule has 0 radical (unpaired) electrons. The fourth-order valence-corrected chi connectivity index (χ4v) is 1.45. The summed E-state index contributed by atoms with van der Waals surface area (Å²) in [5, 5.41) is 4.24. The molecule has 0 atom stereocenters. The molecule has 0 aliphatic rings. The highest BCUT2D eigenvalue weighted by Crippen LogP contribution is 2.31. The number of benzene rings is 1. The number of hydrogen-bond acceptors (Lipinski definition) is 2. The summed E-state index contributed by atoms with van der Waals surface area (Å²) < 4.78 is 5.49. The highest BCUT2D eigenvalue weighted by Gasteiger charge is 2.04. The second-order valence-corrected chi connectivity index (χ2v) is 4.29. The van der Waals surface area contributed by atoms with E-state index in [4.69, 9.17) is 27.9 Å². The topological polar surface area (TPSA) is 21.3 Å². The van der Waals surface area contributed by atoms with E-state index in [-0.39, 0.29) is 0 Å². The zero-order valence-corrected chi connectivity index (χ0v) is 10.4. The van der Waals surface area contributed by atoms with Crippen LogP contribution in [0, 0.1) is 0 Å². The Hall–Kier alpha value is -0.440. The normalized spacial score (nSPS) is 10.7. The summed E-state index contributed by atoms with van der Waals surface area (Å²) in [6.07, 6.45) is 0. The molecule has 0 unspecified atom stereocenters. The molecule has 1 aromatic rings. The Bertz CT molecular complexity index is 315. The van der Waals surface area contributed by atoms with Gasteiger partial charge in [0.2, 0.25) is 0 Å². The summed E-state index contributed by atoms with van der Waals surface area (Å²) in [6, 6.07) is 5.83. The molecule has 0 saturated carbocycles. The fourth-order valence-electron chi connectivity index (χ4n) is 1.10. The van der Waals surface area contributed by atoms with E-state index in [9.17, 15) is 0 Å². The van der Waals surface area contributed by atoms with Crippen molar-refractivity contribution in [2.45, 2.75) is 19.9 Å². The first-order valence-corrected chi connectivity index (χ1v) is 5.67. The average molecular weight is 248 g/mol. The maximum atomic E-state index is 5.96. The summed E-state index contributed by atoms with van der Waals surface area (Å²) in [7, 11) is 0. The van der Waals surface area contributed by atoms with E-state index in [0.29, 0.717) is 28.4 Å². The zero-order chi connectivity index (χ0) is 11.3. The van der Waals surface area contributed by atoms with Gasteiger partial charge in [0, 0.05) is 12.6 Å². The Morgan fingerprint density at radius 3 is 2.73 bits per heavy atom. The molecule has 0 amide bonds. The van der Waals surface area contributed by atoms with Gasteiger partial charge in [0.15, 0.2) is 0 Å². The van der Waals surface area contributed by atoms with E-state index in [1.165, 1.54) is 0 Å². The number of hydrogen-bond donors (Lipinski definition) is 1. The maximum absolute atomic E-state index is 5.96. The van der Waals surface area contributed by atoms with Crippen LogP contribution in [0.1, 0.15) is 13.8 Å². The molecule has 15 heavy (non-hydrogen) atoms. The minimum Gasteiger partial charge on any atom is -0.491 e. The van der Waals surface area contributed by atoms with Gasteiger partial charge in [-0.1, -0.05) is 43.1 Å². The summed E-state index contributed by atoms with van der Waals surface area (Å²) in [6.45, 7) is 5.55. The van der Waals surface area contributed by atoms with Gasteiger partial charge in [-0.25, -0.2) is 0 Å². The van der Waals surface area contributed by atoms with E-state index in [0.717, 1.165) is 6.54 Å². The van der Waals surface area contributed by atoms with Crippen LogP contribution in [0.4, 0.5) is 0 Å². The van der Waals surface area contributed by atoms with Crippen LogP contribution in [-0.2, 0) is 0 Å². The zero-order valence-electron chi connectivity index (χ0n) is 8.89. The van der Waals surface area contributed by atoms with Crippen LogP contribution in [0.15, 0.2) is 18.2 Å². The second-order valence-electron chi connectivity index (χ2n) is 3.51. The first-order valence-electron chi connectivity index (χ1n) is 4.91. The van der Waals surface area contributed by atoms with Crippen LogP contribution in [0.5, 0.6) is 5.75 Å². The van der Waals surface area contributed by atoms with E-state index in [1.54, 1.807) is 6.07 Å². The van der Waals surface area contributed by atoms with Gasteiger partial charge in [-0.05, 0) is 12.1 Å². The summed E-state index contributed by atoms with van der Waals surface area (Å²) in [4.78, 5) is 0. The van der Waals surface area contributed by atoms with Gasteiger partial charge in [-0.3, -0.25) is 0 Å². The number of ether oxygens (including phenoxy) is 1. The molecule has 1 N–H and O–H groups in total. The molecule has 0 aliphatic heterocycles. The van der Waals surface area contributed by atoms with Crippen molar-refractivity contribution >= 4 is 23.2 Å². The molecule has 2 nitrogen and oxygen atoms in total. The minimum atomic E-state index is 0.462. The van der Waals surface area contributed by atoms with Crippen LogP contribution in [0.3, 0.4) is 0 Å². The standard InChI is InChI=1S/C11H15Cl2NO/c1-8(2)14-6-7-15-10-5-3-4-9(12)11(10)13/h3-5,8,14H,6-7H2,1-2H3. The molecule has 0 heterocycles. The molecule has 0 spiro atoms. The third-order valence-corrected chi connectivity index (χ3v) is 2.63. The Morgan fingerprint density at radius 2 is 2.07 bits per heavy atom. The third kappa shape index (κ3) is 4.29. The Balaban J connectivity index is 2.41. The molecule has 0 fully saturated rings. The average Bonchev–Trinajstić information content (AvgIpc) is 2.18. The summed E-state index contributed by atoms with van der Waals surface area (Å²) >= 11 is 11.8. The molecule has 0 saturated heterocycles. The van der Waals surface area contributed by atoms with Crippen molar-refractivity contribution in [3.8, 4) is 5.75 Å². The van der Waals surface area contributed by atoms with Gasteiger partial charge in [0.25, 0.3) is 0 Å². The molecular formula is C11H15Cl2NO. The Morgan fingerprint density at radius 1 is 1.33 bits per heavy atom. The predicted molar refractivity (Wildman–Crippen MR) is 65.1 cm³/mol. The summed E-state index contributed by atoms with van der Waals surface area (Å²) in [5.41, 5.74) is 0. The highest BCUT2D eigenvalue weighted by molar-refractivity contribution is 6.42. The van der Waals surface area contributed by atoms with E-state index in [1.807, 2.05) is 12.1 Å². The smallest absolute Gasteiger partial charge is 0.139 e. The van der Waals surface area contributed by atoms with Crippen LogP contribution < -0.4 is 10.1 Å². The fraction of sp³-hybridized carbons (Fsp3) is 0.455. The lowest BCUT2D eigenvalue weighted by molar-refractivity contribution is 0.309. The van der Waals surface area contributed by atoms with E-state index < -0.39 is 0 Å². The largest absolute Gasteiger partial charge is 0.491 e. The quantitative estimate of drug-likeness (QED) is 0.806. The van der Waals surface area contributed by atoms with E-state index >= 15 is 0 Å². The lowest BCUT2D eigenvalue weighted by Crippen LogP contribution is -2.27. The monoisotopic (exact) mass is 247 g/mol. The first kappa shape index (κ1) is 12.6. The number of nitrogens with one attached hydrogen (secondary N) is 1. The second kappa shape index (κ2) is 6.21. The lowest BCUT2D eigenvalue weighted by atomic mass is 10.3. The van der Waals surface area contributed by atoms with Crippen molar-refractivity contribution in [2.75, 3.05) is 13.2 Å². The molecule has 1 rings (SSSR count). The summed E-state index contributed by atoms with van der Waals surface area (Å²) in [5.74, 6) is 0.634. The maximum Gasteiger partial charge on any atom is 0.139 e. The molecule has 0 bridgehead atoms. The number of halogens is 2. The molecule has 0 aromatic heterocycles. The molecule has 0 aliphatic carbocycles. The van der Waals surface area contributed by atoms with Crippen LogP contribution in [-0.4, -0.2) is 19.2 Å². The van der Waals surface area contributed by atoms with Gasteiger partial charge in [-0.15, -0.1) is 0 Å². The lowest BCUT2D eigenvalue weighted by Gasteiger charge is -2.11. The SMILES string of the molecule is CC(C)NCCOc1cccc(Cl)c1Cl. The van der Waals surface area contributed by atoms with Crippen molar-refractivity contribution in [1.29, 1.82) is 0 Å². The van der Waals surface area contributed by atoms with Gasteiger partial charge in [0.05, 0.1) is 5.02 Å². The van der Waals surface area contributed by atoms with Crippen molar-refractivity contribution in [1.82, 2.24) is 5.32 Å². The first-order chi connectivity index (χ1) is 7.11. The number of rotatable bonds is 5. The van der Waals surface area contributed by atoms with Crippen LogP contribution in [0.2, 0.25) is 10.0 Å². The van der Waals surface area contributed by atoms with Gasteiger partial charge >= 0.3 is 0 Å². The molecule has 4 heteroatoms. The molecule has 84 valence electrons. The highest BCUT2D eigenvalue weighted by atomic mass is 35.5.